The molecule has 5 rings (SSSR count). The minimum absolute atomic E-state index is 0.123. The summed E-state index contributed by atoms with van der Waals surface area (Å²) in [6, 6.07) is -0.963. The highest BCUT2D eigenvalue weighted by Gasteiger charge is 2.54. The van der Waals surface area contributed by atoms with Gasteiger partial charge in [0.15, 0.2) is 10.8 Å². The van der Waals surface area contributed by atoms with Crippen molar-refractivity contribution < 1.29 is 29.4 Å². The van der Waals surface area contributed by atoms with Gasteiger partial charge in [-0.25, -0.2) is 14.5 Å². The summed E-state index contributed by atoms with van der Waals surface area (Å²) in [5.41, 5.74) is 6.22. The Morgan fingerprint density at radius 3 is 2.92 bits per heavy atom. The van der Waals surface area contributed by atoms with E-state index in [1.165, 1.54) is 33.1 Å². The summed E-state index contributed by atoms with van der Waals surface area (Å²) in [6.07, 6.45) is 5.11. The van der Waals surface area contributed by atoms with Gasteiger partial charge in [-0.3, -0.25) is 14.5 Å². The van der Waals surface area contributed by atoms with Crippen molar-refractivity contribution in [3.05, 3.63) is 34.5 Å². The molecule has 15 nitrogen and oxygen atoms in total. The molecular weight excluding hydrogens is 570 g/mol. The lowest BCUT2D eigenvalue weighted by Gasteiger charge is -2.49. The number of nitrogens with two attached hydrogens (primary N) is 1. The third-order valence-electron chi connectivity index (χ3n) is 5.95. The minimum Gasteiger partial charge on any atom is -0.477 e. The van der Waals surface area contributed by atoms with Gasteiger partial charge in [0, 0.05) is 16.9 Å². The van der Waals surface area contributed by atoms with Gasteiger partial charge in [-0.2, -0.15) is 0 Å². The van der Waals surface area contributed by atoms with Gasteiger partial charge in [0.05, 0.1) is 13.2 Å². The molecule has 2 unspecified atom stereocenters. The summed E-state index contributed by atoms with van der Waals surface area (Å²) in [5.74, 6) is -1.94. The van der Waals surface area contributed by atoms with Crippen molar-refractivity contribution in [1.29, 1.82) is 0 Å². The molecule has 0 spiro atoms. The predicted octanol–water partition coefficient (Wildman–Crippen LogP) is -0.326. The van der Waals surface area contributed by atoms with Gasteiger partial charge in [-0.05, 0) is 34.9 Å². The number of hydrogen-bond acceptors (Lipinski definition) is 14. The Morgan fingerprint density at radius 2 is 2.23 bits per heavy atom. The van der Waals surface area contributed by atoms with Crippen LogP contribution in [0.4, 0.5) is 5.13 Å². The SMILES string of the molecule is Nc1nc(C(=NOC2C=CCC2)C(=O)NC2C(=O)N3C(C(=O)O)=C(CSc4nnnn4CCO)CS[C@H]23)cs1. The second kappa shape index (κ2) is 11.7. The van der Waals surface area contributed by atoms with E-state index in [0.717, 1.165) is 24.2 Å². The molecule has 3 atom stereocenters. The lowest BCUT2D eigenvalue weighted by atomic mass is 10.0. The molecule has 1 aliphatic carbocycles. The summed E-state index contributed by atoms with van der Waals surface area (Å²) < 4.78 is 1.41. The number of nitrogen functional groups attached to an aromatic ring is 1. The van der Waals surface area contributed by atoms with Gasteiger partial charge >= 0.3 is 5.97 Å². The van der Waals surface area contributed by atoms with Crippen molar-refractivity contribution in [2.24, 2.45) is 5.16 Å². The van der Waals surface area contributed by atoms with E-state index >= 15 is 0 Å². The van der Waals surface area contributed by atoms with E-state index in [1.807, 2.05) is 12.2 Å². The van der Waals surface area contributed by atoms with Crippen LogP contribution in [0.3, 0.4) is 0 Å². The third-order valence-corrected chi connectivity index (χ3v) is 9.01. The number of rotatable bonds is 11. The van der Waals surface area contributed by atoms with Crippen molar-refractivity contribution in [3.8, 4) is 0 Å². The van der Waals surface area contributed by atoms with E-state index in [9.17, 15) is 19.5 Å². The standard InChI is InChI=1S/C21H23N9O6S3/c22-20-23-12(9-38-20)13(26-36-11-3-1-2-4-11)16(32)24-14-17(33)30-15(19(34)35)10(7-37-18(14)30)8-39-21-25-27-28-29(21)5-6-31/h1,3,9,11,14,18,31H,2,4-8H2,(H2,22,23)(H,24,32)(H,34,35)/t11?,14?,18-/m1/s1. The van der Waals surface area contributed by atoms with Crippen LogP contribution >= 0.6 is 34.9 Å². The van der Waals surface area contributed by atoms with Crippen LogP contribution in [0, 0.1) is 0 Å². The predicted molar refractivity (Wildman–Crippen MR) is 142 cm³/mol. The van der Waals surface area contributed by atoms with Crippen LogP contribution < -0.4 is 11.1 Å². The number of carbonyl (C=O) groups excluding carboxylic acids is 2. The molecule has 2 aromatic heterocycles. The smallest absolute Gasteiger partial charge is 0.352 e. The van der Waals surface area contributed by atoms with Crippen LogP contribution in [0.15, 0.2) is 39.1 Å². The number of hydrogen-bond donors (Lipinski definition) is 4. The van der Waals surface area contributed by atoms with Crippen molar-refractivity contribution in [2.75, 3.05) is 23.8 Å². The molecule has 2 amide bonds. The number of aromatic nitrogens is 5. The number of amides is 2. The summed E-state index contributed by atoms with van der Waals surface area (Å²) in [6.45, 7) is 0.0464. The number of carboxylic acid groups (broad SMARTS) is 1. The first-order chi connectivity index (χ1) is 18.9. The molecule has 3 aliphatic rings. The number of aliphatic hydroxyl groups is 1. The Kier molecular flexibility index (Phi) is 8.15. The highest BCUT2D eigenvalue weighted by molar-refractivity contribution is 8.01. The van der Waals surface area contributed by atoms with E-state index in [4.69, 9.17) is 15.7 Å². The van der Waals surface area contributed by atoms with E-state index in [-0.39, 0.29) is 47.2 Å². The molecule has 39 heavy (non-hydrogen) atoms. The van der Waals surface area contributed by atoms with Crippen LogP contribution in [-0.2, 0) is 25.8 Å². The average Bonchev–Trinajstić information content (AvgIpc) is 3.69. The lowest BCUT2D eigenvalue weighted by Crippen LogP contribution is -2.71. The van der Waals surface area contributed by atoms with Crippen molar-refractivity contribution >= 4 is 63.5 Å². The number of carboxylic acids is 1. The number of anilines is 1. The Labute approximate surface area is 233 Å². The molecule has 2 aliphatic heterocycles. The largest absolute Gasteiger partial charge is 0.477 e. The Balaban J connectivity index is 1.30. The van der Waals surface area contributed by atoms with Gasteiger partial charge in [-0.15, -0.1) is 28.2 Å². The number of thiazole rings is 1. The van der Waals surface area contributed by atoms with Crippen LogP contribution in [-0.4, -0.2) is 99.4 Å². The fraction of sp³-hybridized carbons (Fsp3) is 0.429. The monoisotopic (exact) mass is 593 g/mol. The number of nitrogens with one attached hydrogen (secondary N) is 1. The van der Waals surface area contributed by atoms with Gasteiger partial charge in [0.2, 0.25) is 5.16 Å². The summed E-state index contributed by atoms with van der Waals surface area (Å²) >= 11 is 3.67. The molecule has 206 valence electrons. The number of carbonyl (C=O) groups is 3. The highest BCUT2D eigenvalue weighted by Crippen LogP contribution is 2.41. The molecule has 18 heteroatoms. The second-order valence-electron chi connectivity index (χ2n) is 8.48. The molecule has 0 saturated carbocycles. The second-order valence-corrected chi connectivity index (χ2v) is 11.4. The fourth-order valence-electron chi connectivity index (χ4n) is 4.10. The summed E-state index contributed by atoms with van der Waals surface area (Å²) in [7, 11) is 0. The fourth-order valence-corrected chi connectivity index (χ4v) is 7.04. The van der Waals surface area contributed by atoms with Crippen molar-refractivity contribution in [1.82, 2.24) is 35.4 Å². The van der Waals surface area contributed by atoms with E-state index in [0.29, 0.717) is 16.5 Å². The number of nitrogens with zero attached hydrogens (tertiary/aromatic N) is 7. The average molecular weight is 594 g/mol. The zero-order valence-corrected chi connectivity index (χ0v) is 22.6. The minimum atomic E-state index is -1.25. The van der Waals surface area contributed by atoms with Crippen molar-refractivity contribution in [2.45, 2.75) is 42.1 Å². The van der Waals surface area contributed by atoms with E-state index in [2.05, 4.69) is 31.0 Å². The molecule has 0 radical (unpaired) electrons. The normalized spacial score (nSPS) is 22.6. The molecule has 4 heterocycles. The zero-order chi connectivity index (χ0) is 27.5. The maximum absolute atomic E-state index is 13.2. The van der Waals surface area contributed by atoms with Gasteiger partial charge < -0.3 is 26.1 Å². The van der Waals surface area contributed by atoms with Gasteiger partial charge in [0.25, 0.3) is 11.8 Å². The Bertz CT molecular complexity index is 1370. The quantitative estimate of drug-likeness (QED) is 0.0866. The maximum atomic E-state index is 13.2. The molecular formula is C21H23N9O6S3. The molecule has 2 aromatic rings. The van der Waals surface area contributed by atoms with Crippen LogP contribution in [0.25, 0.3) is 0 Å². The van der Waals surface area contributed by atoms with E-state index in [1.54, 1.807) is 5.38 Å². The number of aliphatic hydroxyl groups excluding tert-OH is 1. The summed E-state index contributed by atoms with van der Waals surface area (Å²) in [5, 5.41) is 38.6. The number of oxime groups is 1. The first-order valence-electron chi connectivity index (χ1n) is 11.7. The number of thioether (sulfide) groups is 2. The number of allylic oxidation sites excluding steroid dienone is 1. The number of aliphatic carboxylic acids is 1. The molecule has 1 fully saturated rings. The number of tetrazole rings is 1. The van der Waals surface area contributed by atoms with Gasteiger partial charge in [-0.1, -0.05) is 23.0 Å². The van der Waals surface area contributed by atoms with Crippen molar-refractivity contribution in [3.63, 3.8) is 0 Å². The Morgan fingerprint density at radius 1 is 1.38 bits per heavy atom. The molecule has 1 saturated heterocycles. The maximum Gasteiger partial charge on any atom is 0.352 e. The molecule has 0 aromatic carbocycles. The molecule has 5 N–H and O–H groups in total. The first kappa shape index (κ1) is 27.1. The molecule has 0 bridgehead atoms. The highest BCUT2D eigenvalue weighted by atomic mass is 32.2. The summed E-state index contributed by atoms with van der Waals surface area (Å²) in [4.78, 5) is 49.3. The number of fused-ring (bicyclic) bond motifs is 1. The van der Waals surface area contributed by atoms with Crippen LogP contribution in [0.2, 0.25) is 0 Å². The van der Waals surface area contributed by atoms with E-state index < -0.39 is 29.2 Å². The van der Waals surface area contributed by atoms with Crippen LogP contribution in [0.1, 0.15) is 18.5 Å². The third kappa shape index (κ3) is 5.63. The van der Waals surface area contributed by atoms with Crippen LogP contribution in [0.5, 0.6) is 0 Å². The topological polar surface area (TPSA) is 211 Å². The Hall–Kier alpha value is -3.48. The lowest BCUT2D eigenvalue weighted by molar-refractivity contribution is -0.150. The number of β-lactam (4-membered cyclic amide) rings is 1. The van der Waals surface area contributed by atoms with Gasteiger partial charge in [0.1, 0.15) is 28.9 Å². The first-order valence-corrected chi connectivity index (χ1v) is 14.6. The zero-order valence-electron chi connectivity index (χ0n) is 20.2.